The monoisotopic (exact) mass is 375 g/mol. The fourth-order valence-electron chi connectivity index (χ4n) is 2.81. The van der Waals surface area contributed by atoms with E-state index in [1.165, 1.54) is 16.0 Å². The molecule has 1 aromatic rings. The van der Waals surface area contributed by atoms with E-state index in [0.717, 1.165) is 24.9 Å². The number of ether oxygens (including phenoxy) is 1. The number of aryl methyl sites for hydroxylation is 1. The van der Waals surface area contributed by atoms with Crippen molar-refractivity contribution in [1.29, 1.82) is 0 Å². The minimum atomic E-state index is -1.62. The third-order valence-electron chi connectivity index (χ3n) is 3.81. The molecule has 0 spiro atoms. The van der Waals surface area contributed by atoms with E-state index in [9.17, 15) is 4.79 Å². The SMILES string of the molecule is O=C(OCC(Cl)(Cl)Cl)N1CCN=C1Nc1cccc2c1CCC2. The van der Waals surface area contributed by atoms with Crippen LogP contribution in [0.3, 0.4) is 0 Å². The molecule has 1 N–H and O–H groups in total. The van der Waals surface area contributed by atoms with Gasteiger partial charge in [-0.25, -0.2) is 9.69 Å². The Kier molecular flexibility index (Phi) is 4.90. The van der Waals surface area contributed by atoms with E-state index in [1.54, 1.807) is 0 Å². The Bertz CT molecular complexity index is 643. The molecule has 0 radical (unpaired) electrons. The number of guanidine groups is 1. The number of fused-ring (bicyclic) bond motifs is 1. The van der Waals surface area contributed by atoms with Crippen molar-refractivity contribution in [1.82, 2.24) is 4.90 Å². The molecule has 1 amide bonds. The number of carbonyl (C=O) groups is 1. The first kappa shape index (κ1) is 16.7. The summed E-state index contributed by atoms with van der Waals surface area (Å²) in [5, 5.41) is 3.25. The number of nitrogens with zero attached hydrogens (tertiary/aromatic N) is 2. The largest absolute Gasteiger partial charge is 0.445 e. The van der Waals surface area contributed by atoms with Gasteiger partial charge in [-0.3, -0.25) is 4.99 Å². The van der Waals surface area contributed by atoms with Gasteiger partial charge in [-0.15, -0.1) is 0 Å². The molecular formula is C15H16Cl3N3O2. The highest BCUT2D eigenvalue weighted by Crippen LogP contribution is 2.29. The summed E-state index contributed by atoms with van der Waals surface area (Å²) in [5.74, 6) is 0.472. The van der Waals surface area contributed by atoms with Gasteiger partial charge in [-0.2, -0.15) is 0 Å². The van der Waals surface area contributed by atoms with Gasteiger partial charge in [0.2, 0.25) is 9.75 Å². The van der Waals surface area contributed by atoms with Crippen molar-refractivity contribution in [3.8, 4) is 0 Å². The second-order valence-corrected chi connectivity index (χ2v) is 7.96. The van der Waals surface area contributed by atoms with Crippen LogP contribution in [0.5, 0.6) is 0 Å². The van der Waals surface area contributed by atoms with E-state index < -0.39 is 9.89 Å². The van der Waals surface area contributed by atoms with Crippen molar-refractivity contribution in [2.24, 2.45) is 4.99 Å². The van der Waals surface area contributed by atoms with Crippen LogP contribution in [0.1, 0.15) is 17.5 Å². The second-order valence-electron chi connectivity index (χ2n) is 5.45. The molecule has 5 nitrogen and oxygen atoms in total. The highest BCUT2D eigenvalue weighted by Gasteiger charge is 2.29. The molecule has 0 atom stereocenters. The molecule has 23 heavy (non-hydrogen) atoms. The minimum Gasteiger partial charge on any atom is -0.445 e. The molecule has 1 aliphatic carbocycles. The predicted octanol–water partition coefficient (Wildman–Crippen LogP) is 3.77. The van der Waals surface area contributed by atoms with Gasteiger partial charge < -0.3 is 10.1 Å². The molecule has 124 valence electrons. The van der Waals surface area contributed by atoms with Crippen LogP contribution < -0.4 is 5.32 Å². The summed E-state index contributed by atoms with van der Waals surface area (Å²) in [5.41, 5.74) is 3.62. The van der Waals surface area contributed by atoms with Crippen molar-refractivity contribution in [2.75, 3.05) is 25.0 Å². The average molecular weight is 377 g/mol. The second kappa shape index (κ2) is 6.75. The van der Waals surface area contributed by atoms with Crippen LogP contribution in [0.4, 0.5) is 10.5 Å². The summed E-state index contributed by atoms with van der Waals surface area (Å²) >= 11 is 16.8. The zero-order valence-corrected chi connectivity index (χ0v) is 14.6. The molecule has 3 rings (SSSR count). The third kappa shape index (κ3) is 4.03. The molecule has 0 aromatic heterocycles. The Morgan fingerprint density at radius 2 is 2.17 bits per heavy atom. The van der Waals surface area contributed by atoms with Crippen LogP contribution in [-0.2, 0) is 17.6 Å². The van der Waals surface area contributed by atoms with Gasteiger partial charge in [0.15, 0.2) is 0 Å². The van der Waals surface area contributed by atoms with Crippen molar-refractivity contribution in [3.05, 3.63) is 29.3 Å². The Morgan fingerprint density at radius 1 is 1.35 bits per heavy atom. The lowest BCUT2D eigenvalue weighted by atomic mass is 10.1. The lowest BCUT2D eigenvalue weighted by Crippen LogP contribution is -2.39. The van der Waals surface area contributed by atoms with E-state index in [-0.39, 0.29) is 6.61 Å². The minimum absolute atomic E-state index is 0.305. The number of amides is 1. The number of hydrogen-bond donors (Lipinski definition) is 1. The van der Waals surface area contributed by atoms with Gasteiger partial charge in [0.25, 0.3) is 0 Å². The quantitative estimate of drug-likeness (QED) is 0.800. The van der Waals surface area contributed by atoms with E-state index in [1.807, 2.05) is 12.1 Å². The topological polar surface area (TPSA) is 53.9 Å². The average Bonchev–Trinajstić information content (AvgIpc) is 3.13. The summed E-state index contributed by atoms with van der Waals surface area (Å²) in [6.45, 7) is 0.650. The number of carbonyl (C=O) groups excluding carboxylic acids is 1. The Morgan fingerprint density at radius 3 is 2.96 bits per heavy atom. The molecule has 1 heterocycles. The maximum atomic E-state index is 12.1. The standard InChI is InChI=1S/C15H16Cl3N3O2/c16-15(17,18)9-23-14(22)21-8-7-19-13(21)20-12-6-2-4-10-3-1-5-11(10)12/h2,4,6H,1,3,5,7-9H2,(H,19,20). The number of alkyl halides is 3. The normalized spacial score (nSPS) is 17.0. The Hall–Kier alpha value is -1.17. The number of hydrogen-bond acceptors (Lipinski definition) is 4. The first-order valence-electron chi connectivity index (χ1n) is 7.37. The number of halogens is 3. The fraction of sp³-hybridized carbons (Fsp3) is 0.467. The van der Waals surface area contributed by atoms with Crippen LogP contribution >= 0.6 is 34.8 Å². The smallest absolute Gasteiger partial charge is 0.416 e. The first-order valence-corrected chi connectivity index (χ1v) is 8.51. The maximum absolute atomic E-state index is 12.1. The zero-order valence-electron chi connectivity index (χ0n) is 12.3. The molecule has 1 aromatic carbocycles. The fourth-order valence-corrected chi connectivity index (χ4v) is 2.97. The van der Waals surface area contributed by atoms with E-state index in [0.29, 0.717) is 19.0 Å². The summed E-state index contributed by atoms with van der Waals surface area (Å²) in [7, 11) is 0. The molecule has 0 fully saturated rings. The van der Waals surface area contributed by atoms with Crippen molar-refractivity contribution in [2.45, 2.75) is 23.1 Å². The summed E-state index contributed by atoms with van der Waals surface area (Å²) in [6.07, 6.45) is 2.69. The van der Waals surface area contributed by atoms with Crippen LogP contribution in [0, 0.1) is 0 Å². The van der Waals surface area contributed by atoms with Crippen molar-refractivity contribution >= 4 is 52.5 Å². The highest BCUT2D eigenvalue weighted by molar-refractivity contribution is 6.67. The van der Waals surface area contributed by atoms with Crippen LogP contribution in [0.25, 0.3) is 0 Å². The molecule has 1 aliphatic heterocycles. The van der Waals surface area contributed by atoms with Gasteiger partial charge in [-0.05, 0) is 36.5 Å². The summed E-state index contributed by atoms with van der Waals surface area (Å²) in [4.78, 5) is 17.9. The highest BCUT2D eigenvalue weighted by atomic mass is 35.6. The van der Waals surface area contributed by atoms with Crippen molar-refractivity contribution < 1.29 is 9.53 Å². The predicted molar refractivity (Wildman–Crippen MR) is 92.7 cm³/mol. The zero-order chi connectivity index (χ0) is 16.4. The van der Waals surface area contributed by atoms with Crippen LogP contribution in [-0.4, -0.2) is 40.4 Å². The van der Waals surface area contributed by atoms with Crippen molar-refractivity contribution in [3.63, 3.8) is 0 Å². The van der Waals surface area contributed by atoms with Gasteiger partial charge in [-0.1, -0.05) is 46.9 Å². The molecule has 0 unspecified atom stereocenters. The molecule has 0 saturated carbocycles. The molecular weight excluding hydrogens is 361 g/mol. The Balaban J connectivity index is 1.68. The van der Waals surface area contributed by atoms with Gasteiger partial charge in [0.1, 0.15) is 6.61 Å². The number of aliphatic imine (C=N–C) groups is 1. The Labute approximate surface area is 149 Å². The molecule has 0 bridgehead atoms. The number of nitrogens with one attached hydrogen (secondary N) is 1. The molecule has 0 saturated heterocycles. The summed E-state index contributed by atoms with van der Waals surface area (Å²) < 4.78 is 3.40. The summed E-state index contributed by atoms with van der Waals surface area (Å²) in [6, 6.07) is 6.14. The van der Waals surface area contributed by atoms with E-state index in [4.69, 9.17) is 39.5 Å². The maximum Gasteiger partial charge on any atom is 0.416 e. The number of benzene rings is 1. The number of rotatable bonds is 2. The van der Waals surface area contributed by atoms with E-state index in [2.05, 4.69) is 16.4 Å². The molecule has 8 heteroatoms. The lowest BCUT2D eigenvalue weighted by molar-refractivity contribution is 0.127. The van der Waals surface area contributed by atoms with Crippen LogP contribution in [0.2, 0.25) is 0 Å². The van der Waals surface area contributed by atoms with E-state index >= 15 is 0 Å². The third-order valence-corrected chi connectivity index (χ3v) is 4.14. The van der Waals surface area contributed by atoms with Gasteiger partial charge in [0, 0.05) is 5.69 Å². The van der Waals surface area contributed by atoms with Gasteiger partial charge >= 0.3 is 6.09 Å². The number of anilines is 1. The first-order chi connectivity index (χ1) is 10.9. The van der Waals surface area contributed by atoms with Gasteiger partial charge in [0.05, 0.1) is 13.1 Å². The van der Waals surface area contributed by atoms with Crippen LogP contribution in [0.15, 0.2) is 23.2 Å². The molecule has 2 aliphatic rings. The lowest BCUT2D eigenvalue weighted by Gasteiger charge is -2.21.